The first-order valence-corrected chi connectivity index (χ1v) is 12.7. The second-order valence-electron chi connectivity index (χ2n) is 8.88. The van der Waals surface area contributed by atoms with Gasteiger partial charge < -0.3 is 9.84 Å². The molecule has 1 aliphatic rings. The molecule has 182 valence electrons. The topological polar surface area (TPSA) is 79.7 Å². The van der Waals surface area contributed by atoms with Crippen molar-refractivity contribution in [3.8, 4) is 5.75 Å². The molecule has 1 aromatic heterocycles. The second kappa shape index (κ2) is 9.59. The van der Waals surface area contributed by atoms with Gasteiger partial charge in [0.1, 0.15) is 11.5 Å². The Morgan fingerprint density at radius 3 is 2.47 bits per heavy atom. The minimum atomic E-state index is -0.826. The van der Waals surface area contributed by atoms with Crippen molar-refractivity contribution >= 4 is 44.1 Å². The molecule has 0 saturated carbocycles. The lowest BCUT2D eigenvalue weighted by Gasteiger charge is -2.23. The highest BCUT2D eigenvalue weighted by molar-refractivity contribution is 7.22. The Balaban J connectivity index is 1.69. The largest absolute Gasteiger partial charge is 0.507 e. The average molecular weight is 499 g/mol. The van der Waals surface area contributed by atoms with Gasteiger partial charge in [0, 0.05) is 5.56 Å². The van der Waals surface area contributed by atoms with Crippen LogP contribution in [-0.2, 0) is 9.59 Å². The summed E-state index contributed by atoms with van der Waals surface area (Å²) >= 11 is 1.36. The first kappa shape index (κ1) is 23.8. The fourth-order valence-electron chi connectivity index (χ4n) is 4.52. The standard InChI is InChI=1S/C29H26N2O4S/c1-4-14-35-21-12-10-19(11-13-21)25-23(26(32)20-8-6-5-7-9-20)27(33)28(34)31(25)29-30-24-18(3)15-17(2)16-22(24)36-29/h5-13,15-16,25,32H,4,14H2,1-3H3/t25-/m0/s1. The third kappa shape index (κ3) is 4.16. The number of carbonyl (C=O) groups is 2. The molecule has 0 aliphatic carbocycles. The molecule has 1 amide bonds. The molecule has 3 aromatic carbocycles. The molecule has 6 nitrogen and oxygen atoms in total. The van der Waals surface area contributed by atoms with E-state index in [0.29, 0.717) is 28.6 Å². The van der Waals surface area contributed by atoms with E-state index in [-0.39, 0.29) is 11.3 Å². The molecule has 0 spiro atoms. The Morgan fingerprint density at radius 2 is 1.78 bits per heavy atom. The van der Waals surface area contributed by atoms with Crippen molar-refractivity contribution in [2.75, 3.05) is 11.5 Å². The Kier molecular flexibility index (Phi) is 6.33. The van der Waals surface area contributed by atoms with Crippen LogP contribution in [0.15, 0.2) is 72.3 Å². The predicted octanol–water partition coefficient (Wildman–Crippen LogP) is 6.33. The van der Waals surface area contributed by atoms with Crippen molar-refractivity contribution < 1.29 is 19.4 Å². The molecule has 36 heavy (non-hydrogen) atoms. The van der Waals surface area contributed by atoms with E-state index in [1.54, 1.807) is 24.3 Å². The van der Waals surface area contributed by atoms with E-state index in [2.05, 4.69) is 0 Å². The molecule has 1 fully saturated rings. The number of carbonyl (C=O) groups excluding carboxylic acids is 2. The summed E-state index contributed by atoms with van der Waals surface area (Å²) in [6, 6.07) is 19.3. The Bertz CT molecular complexity index is 1490. The lowest BCUT2D eigenvalue weighted by molar-refractivity contribution is -0.132. The highest BCUT2D eigenvalue weighted by Gasteiger charge is 2.48. The van der Waals surface area contributed by atoms with E-state index in [9.17, 15) is 14.7 Å². The number of aromatic nitrogens is 1. The number of fused-ring (bicyclic) bond motifs is 1. The van der Waals surface area contributed by atoms with E-state index in [1.165, 1.54) is 16.2 Å². The number of benzene rings is 3. The molecule has 1 aliphatic heterocycles. The predicted molar refractivity (Wildman–Crippen MR) is 143 cm³/mol. The quantitative estimate of drug-likeness (QED) is 0.191. The molecule has 0 unspecified atom stereocenters. The Hall–Kier alpha value is -3.97. The number of aliphatic hydroxyl groups is 1. The van der Waals surface area contributed by atoms with Crippen LogP contribution in [0.2, 0.25) is 0 Å². The lowest BCUT2D eigenvalue weighted by Crippen LogP contribution is -2.29. The SMILES string of the molecule is CCCOc1ccc([C@H]2C(=C(O)c3ccccc3)C(=O)C(=O)N2c2nc3c(C)cc(C)cc3s2)cc1. The molecule has 1 atom stereocenters. The van der Waals surface area contributed by atoms with Crippen molar-refractivity contribution in [3.05, 3.63) is 94.6 Å². The number of hydrogen-bond donors (Lipinski definition) is 1. The van der Waals surface area contributed by atoms with Gasteiger partial charge in [0.15, 0.2) is 5.13 Å². The van der Waals surface area contributed by atoms with Gasteiger partial charge in [0.25, 0.3) is 5.78 Å². The smallest absolute Gasteiger partial charge is 0.301 e. The molecule has 1 N–H and O–H groups in total. The zero-order chi connectivity index (χ0) is 25.4. The second-order valence-corrected chi connectivity index (χ2v) is 9.89. The maximum absolute atomic E-state index is 13.4. The monoisotopic (exact) mass is 498 g/mol. The van der Waals surface area contributed by atoms with E-state index < -0.39 is 17.7 Å². The summed E-state index contributed by atoms with van der Waals surface area (Å²) in [5.74, 6) is -0.954. The Labute approximate surface area is 213 Å². The van der Waals surface area contributed by atoms with Crippen molar-refractivity contribution in [1.82, 2.24) is 4.98 Å². The maximum Gasteiger partial charge on any atom is 0.301 e. The molecule has 1 saturated heterocycles. The molecular formula is C29H26N2O4S. The van der Waals surface area contributed by atoms with Gasteiger partial charge in [-0.05, 0) is 55.2 Å². The number of hydrogen-bond acceptors (Lipinski definition) is 6. The van der Waals surface area contributed by atoms with Gasteiger partial charge in [0.2, 0.25) is 0 Å². The minimum absolute atomic E-state index is 0.0422. The van der Waals surface area contributed by atoms with Gasteiger partial charge in [-0.3, -0.25) is 14.5 Å². The first-order valence-electron chi connectivity index (χ1n) is 11.9. The van der Waals surface area contributed by atoms with Gasteiger partial charge in [-0.25, -0.2) is 4.98 Å². The number of Topliss-reactive ketones (excluding diaryl/α,β-unsaturated/α-hetero) is 1. The van der Waals surface area contributed by atoms with Crippen LogP contribution in [0, 0.1) is 13.8 Å². The summed E-state index contributed by atoms with van der Waals surface area (Å²) in [5.41, 5.74) is 4.10. The maximum atomic E-state index is 13.4. The van der Waals surface area contributed by atoms with Crippen molar-refractivity contribution in [1.29, 1.82) is 0 Å². The number of anilines is 1. The van der Waals surface area contributed by atoms with Gasteiger partial charge in [-0.2, -0.15) is 0 Å². The van der Waals surface area contributed by atoms with Crippen molar-refractivity contribution in [3.63, 3.8) is 0 Å². The summed E-state index contributed by atoms with van der Waals surface area (Å²) in [6.07, 6.45) is 0.884. The molecule has 2 heterocycles. The van der Waals surface area contributed by atoms with E-state index in [1.807, 2.05) is 63.2 Å². The van der Waals surface area contributed by atoms with Crippen LogP contribution in [0.25, 0.3) is 16.0 Å². The number of rotatable bonds is 6. The molecule has 4 aromatic rings. The van der Waals surface area contributed by atoms with Crippen molar-refractivity contribution in [2.45, 2.75) is 33.2 Å². The molecule has 5 rings (SSSR count). The van der Waals surface area contributed by atoms with Gasteiger partial charge in [-0.1, -0.05) is 66.8 Å². The normalized spacial score (nSPS) is 17.2. The number of nitrogens with zero attached hydrogens (tertiary/aromatic N) is 2. The van der Waals surface area contributed by atoms with E-state index in [4.69, 9.17) is 9.72 Å². The fraction of sp³-hybridized carbons (Fsp3) is 0.207. The fourth-order valence-corrected chi connectivity index (χ4v) is 5.69. The van der Waals surface area contributed by atoms with Crippen LogP contribution in [0.3, 0.4) is 0 Å². The first-order chi connectivity index (χ1) is 17.4. The summed E-state index contributed by atoms with van der Waals surface area (Å²) in [4.78, 5) is 33.0. The summed E-state index contributed by atoms with van der Waals surface area (Å²) in [7, 11) is 0. The highest BCUT2D eigenvalue weighted by Crippen LogP contribution is 2.45. The third-order valence-corrected chi connectivity index (χ3v) is 7.19. The summed E-state index contributed by atoms with van der Waals surface area (Å²) in [5, 5.41) is 11.7. The molecule has 7 heteroatoms. The average Bonchev–Trinajstić information content (AvgIpc) is 3.42. The minimum Gasteiger partial charge on any atom is -0.507 e. The van der Waals surface area contributed by atoms with E-state index >= 15 is 0 Å². The number of amides is 1. The number of ether oxygens (including phenoxy) is 1. The number of aliphatic hydroxyl groups excluding tert-OH is 1. The molecule has 0 radical (unpaired) electrons. The van der Waals surface area contributed by atoms with Crippen LogP contribution in [0.5, 0.6) is 5.75 Å². The van der Waals surface area contributed by atoms with Gasteiger partial charge in [0.05, 0.1) is 28.4 Å². The summed E-state index contributed by atoms with van der Waals surface area (Å²) in [6.45, 7) is 6.62. The van der Waals surface area contributed by atoms with Crippen LogP contribution in [0.1, 0.15) is 41.6 Å². The van der Waals surface area contributed by atoms with E-state index in [0.717, 1.165) is 27.8 Å². The van der Waals surface area contributed by atoms with Crippen molar-refractivity contribution in [2.24, 2.45) is 0 Å². The van der Waals surface area contributed by atoms with Gasteiger partial charge in [-0.15, -0.1) is 0 Å². The highest BCUT2D eigenvalue weighted by atomic mass is 32.1. The molecular weight excluding hydrogens is 472 g/mol. The van der Waals surface area contributed by atoms with Gasteiger partial charge >= 0.3 is 5.91 Å². The van der Waals surface area contributed by atoms with Crippen LogP contribution >= 0.6 is 11.3 Å². The molecule has 0 bridgehead atoms. The zero-order valence-corrected chi connectivity index (χ0v) is 21.1. The third-order valence-electron chi connectivity index (χ3n) is 6.18. The zero-order valence-electron chi connectivity index (χ0n) is 20.3. The lowest BCUT2D eigenvalue weighted by atomic mass is 9.95. The van der Waals surface area contributed by atoms with Crippen LogP contribution in [-0.4, -0.2) is 28.4 Å². The summed E-state index contributed by atoms with van der Waals surface area (Å²) < 4.78 is 6.65. The number of aryl methyl sites for hydroxylation is 2. The van der Waals surface area contributed by atoms with Crippen LogP contribution in [0.4, 0.5) is 5.13 Å². The Morgan fingerprint density at radius 1 is 1.06 bits per heavy atom. The number of thiazole rings is 1. The van der Waals surface area contributed by atoms with Crippen LogP contribution < -0.4 is 9.64 Å². The number of ketones is 1.